The van der Waals surface area contributed by atoms with Gasteiger partial charge in [0.25, 0.3) is 0 Å². The monoisotopic (exact) mass is 226 g/mol. The number of anilines is 1. The second-order valence-electron chi connectivity index (χ2n) is 2.41. The summed E-state index contributed by atoms with van der Waals surface area (Å²) in [6.45, 7) is 0.534. The Morgan fingerprint density at radius 3 is 2.83 bits per heavy atom. The Morgan fingerprint density at radius 2 is 2.17 bits per heavy atom. The summed E-state index contributed by atoms with van der Waals surface area (Å²) < 4.78 is 1.02. The van der Waals surface area contributed by atoms with Gasteiger partial charge in [-0.05, 0) is 23.8 Å². The molecule has 1 aromatic rings. The first-order valence-corrected chi connectivity index (χ1v) is 4.45. The lowest BCUT2D eigenvalue weighted by Crippen LogP contribution is -1.93. The van der Waals surface area contributed by atoms with Crippen LogP contribution in [0.5, 0.6) is 0 Å². The van der Waals surface area contributed by atoms with Gasteiger partial charge in [0.2, 0.25) is 0 Å². The van der Waals surface area contributed by atoms with E-state index in [4.69, 9.17) is 11.5 Å². The van der Waals surface area contributed by atoms with Crippen molar-refractivity contribution < 1.29 is 0 Å². The zero-order valence-corrected chi connectivity index (χ0v) is 8.21. The number of rotatable bonds is 2. The number of nitrogens with two attached hydrogens (primary N) is 2. The maximum atomic E-state index is 5.72. The van der Waals surface area contributed by atoms with Crippen molar-refractivity contribution >= 4 is 27.7 Å². The zero-order chi connectivity index (χ0) is 8.97. The molecule has 4 N–H and O–H groups in total. The maximum absolute atomic E-state index is 5.72. The first kappa shape index (κ1) is 9.29. The van der Waals surface area contributed by atoms with Gasteiger partial charge in [0, 0.05) is 16.7 Å². The van der Waals surface area contributed by atoms with Gasteiger partial charge in [-0.25, -0.2) is 0 Å². The minimum Gasteiger partial charge on any atom is -0.398 e. The maximum Gasteiger partial charge on any atom is 0.0388 e. The smallest absolute Gasteiger partial charge is 0.0388 e. The Bertz CT molecular complexity index is 295. The lowest BCUT2D eigenvalue weighted by molar-refractivity contribution is 1.26. The van der Waals surface area contributed by atoms with Crippen molar-refractivity contribution in [1.29, 1.82) is 0 Å². The van der Waals surface area contributed by atoms with E-state index in [0.29, 0.717) is 6.54 Å². The first-order chi connectivity index (χ1) is 5.74. The summed E-state index contributed by atoms with van der Waals surface area (Å²) in [4.78, 5) is 0. The van der Waals surface area contributed by atoms with E-state index in [1.165, 1.54) is 0 Å². The van der Waals surface area contributed by atoms with Crippen molar-refractivity contribution in [3.8, 4) is 0 Å². The molecule has 0 aromatic heterocycles. The molecule has 0 saturated carbocycles. The topological polar surface area (TPSA) is 52.0 Å². The summed E-state index contributed by atoms with van der Waals surface area (Å²) in [6, 6.07) is 5.73. The van der Waals surface area contributed by atoms with E-state index < -0.39 is 0 Å². The highest BCUT2D eigenvalue weighted by Crippen LogP contribution is 2.19. The molecule has 2 nitrogen and oxygen atoms in total. The molecule has 3 heteroatoms. The van der Waals surface area contributed by atoms with Crippen molar-refractivity contribution in [3.05, 3.63) is 34.3 Å². The Hall–Kier alpha value is -0.800. The summed E-state index contributed by atoms with van der Waals surface area (Å²) in [6.07, 6.45) is 3.79. The van der Waals surface area contributed by atoms with Gasteiger partial charge in [0.15, 0.2) is 0 Å². The molecule has 0 heterocycles. The highest BCUT2D eigenvalue weighted by atomic mass is 79.9. The standard InChI is InChI=1S/C9H11BrN2/c10-8-3-4-9(12)7(6-8)2-1-5-11/h1-4,6H,5,11-12H2. The predicted octanol–water partition coefficient (Wildman–Crippen LogP) is 2.00. The Kier molecular flexibility index (Phi) is 3.31. The number of halogens is 1. The second-order valence-corrected chi connectivity index (χ2v) is 3.33. The SMILES string of the molecule is NCC=Cc1cc(Br)ccc1N. The number of nitrogen functional groups attached to an aromatic ring is 1. The highest BCUT2D eigenvalue weighted by Gasteiger charge is 1.94. The molecule has 0 amide bonds. The lowest BCUT2D eigenvalue weighted by Gasteiger charge is -1.99. The summed E-state index contributed by atoms with van der Waals surface area (Å²) in [5.41, 5.74) is 12.8. The molecule has 0 radical (unpaired) electrons. The predicted molar refractivity (Wildman–Crippen MR) is 56.6 cm³/mol. The molecule has 0 aliphatic carbocycles. The minimum absolute atomic E-state index is 0.534. The van der Waals surface area contributed by atoms with Crippen molar-refractivity contribution in [2.75, 3.05) is 12.3 Å². The first-order valence-electron chi connectivity index (χ1n) is 3.65. The van der Waals surface area contributed by atoms with Gasteiger partial charge in [-0.15, -0.1) is 0 Å². The van der Waals surface area contributed by atoms with E-state index in [1.807, 2.05) is 30.4 Å². The lowest BCUT2D eigenvalue weighted by atomic mass is 10.2. The van der Waals surface area contributed by atoms with Crippen LogP contribution in [0.1, 0.15) is 5.56 Å². The Labute approximate surface area is 80.4 Å². The number of hydrogen-bond donors (Lipinski definition) is 2. The van der Waals surface area contributed by atoms with Gasteiger partial charge in [-0.3, -0.25) is 0 Å². The molecule has 0 aliphatic heterocycles. The molecule has 0 aliphatic rings. The third kappa shape index (κ3) is 2.36. The summed E-state index contributed by atoms with van der Waals surface area (Å²) >= 11 is 3.37. The summed E-state index contributed by atoms with van der Waals surface area (Å²) in [5, 5.41) is 0. The van der Waals surface area contributed by atoms with Crippen LogP contribution in [0, 0.1) is 0 Å². The van der Waals surface area contributed by atoms with Crippen molar-refractivity contribution in [1.82, 2.24) is 0 Å². The Balaban J connectivity index is 2.97. The van der Waals surface area contributed by atoms with E-state index in [1.54, 1.807) is 0 Å². The highest BCUT2D eigenvalue weighted by molar-refractivity contribution is 9.10. The van der Waals surface area contributed by atoms with Crippen LogP contribution >= 0.6 is 15.9 Å². The fourth-order valence-electron chi connectivity index (χ4n) is 0.885. The van der Waals surface area contributed by atoms with Gasteiger partial charge >= 0.3 is 0 Å². The number of benzene rings is 1. The molecule has 0 spiro atoms. The third-order valence-electron chi connectivity index (χ3n) is 1.48. The number of hydrogen-bond acceptors (Lipinski definition) is 2. The van der Waals surface area contributed by atoms with Gasteiger partial charge in [-0.1, -0.05) is 28.1 Å². The molecule has 0 unspecified atom stereocenters. The van der Waals surface area contributed by atoms with Crippen LogP contribution in [0.4, 0.5) is 5.69 Å². The molecule has 0 bridgehead atoms. The van der Waals surface area contributed by atoms with Crippen LogP contribution in [-0.4, -0.2) is 6.54 Å². The molecule has 1 rings (SSSR count). The van der Waals surface area contributed by atoms with E-state index >= 15 is 0 Å². The summed E-state index contributed by atoms with van der Waals surface area (Å²) in [5.74, 6) is 0. The molecule has 12 heavy (non-hydrogen) atoms. The van der Waals surface area contributed by atoms with Gasteiger partial charge in [0.1, 0.15) is 0 Å². The van der Waals surface area contributed by atoms with E-state index in [-0.39, 0.29) is 0 Å². The molecule has 64 valence electrons. The van der Waals surface area contributed by atoms with Crippen LogP contribution in [-0.2, 0) is 0 Å². The van der Waals surface area contributed by atoms with Crippen molar-refractivity contribution in [2.24, 2.45) is 5.73 Å². The van der Waals surface area contributed by atoms with Gasteiger partial charge < -0.3 is 11.5 Å². The zero-order valence-electron chi connectivity index (χ0n) is 6.63. The second kappa shape index (κ2) is 4.28. The molecule has 0 fully saturated rings. The van der Waals surface area contributed by atoms with E-state index in [2.05, 4.69) is 15.9 Å². The quantitative estimate of drug-likeness (QED) is 0.759. The average Bonchev–Trinajstić information content (AvgIpc) is 2.07. The van der Waals surface area contributed by atoms with Crippen molar-refractivity contribution in [2.45, 2.75) is 0 Å². The fraction of sp³-hybridized carbons (Fsp3) is 0.111. The molecule has 1 aromatic carbocycles. The van der Waals surface area contributed by atoms with Crippen LogP contribution in [0.25, 0.3) is 6.08 Å². The van der Waals surface area contributed by atoms with E-state index in [0.717, 1.165) is 15.7 Å². The molecule has 0 saturated heterocycles. The average molecular weight is 227 g/mol. The van der Waals surface area contributed by atoms with Crippen LogP contribution in [0.2, 0.25) is 0 Å². The van der Waals surface area contributed by atoms with Crippen LogP contribution in [0.3, 0.4) is 0 Å². The molecular weight excluding hydrogens is 216 g/mol. The molecule has 0 atom stereocenters. The Morgan fingerprint density at radius 1 is 1.42 bits per heavy atom. The van der Waals surface area contributed by atoms with Gasteiger partial charge in [-0.2, -0.15) is 0 Å². The molecular formula is C9H11BrN2. The largest absolute Gasteiger partial charge is 0.398 e. The van der Waals surface area contributed by atoms with Crippen molar-refractivity contribution in [3.63, 3.8) is 0 Å². The van der Waals surface area contributed by atoms with E-state index in [9.17, 15) is 0 Å². The van der Waals surface area contributed by atoms with Crippen LogP contribution in [0.15, 0.2) is 28.7 Å². The third-order valence-corrected chi connectivity index (χ3v) is 1.98. The van der Waals surface area contributed by atoms with Gasteiger partial charge in [0.05, 0.1) is 0 Å². The summed E-state index contributed by atoms with van der Waals surface area (Å²) in [7, 11) is 0. The fourth-order valence-corrected chi connectivity index (χ4v) is 1.26. The normalized spacial score (nSPS) is 10.8. The minimum atomic E-state index is 0.534. The van der Waals surface area contributed by atoms with Crippen LogP contribution < -0.4 is 11.5 Å².